The molecular formula is C11H19N3O. The van der Waals surface area contributed by atoms with E-state index in [1.165, 1.54) is 6.42 Å². The fourth-order valence-electron chi connectivity index (χ4n) is 1.83. The van der Waals surface area contributed by atoms with Gasteiger partial charge in [-0.2, -0.15) is 4.98 Å². The molecule has 0 spiro atoms. The molecule has 1 N–H and O–H groups in total. The molecule has 0 aliphatic carbocycles. The van der Waals surface area contributed by atoms with Gasteiger partial charge in [0, 0.05) is 6.42 Å². The van der Waals surface area contributed by atoms with Gasteiger partial charge in [0.15, 0.2) is 5.82 Å². The van der Waals surface area contributed by atoms with Crippen molar-refractivity contribution in [3.8, 4) is 0 Å². The molecule has 0 bridgehead atoms. The van der Waals surface area contributed by atoms with Crippen LogP contribution < -0.4 is 5.32 Å². The Kier molecular flexibility index (Phi) is 3.36. The van der Waals surface area contributed by atoms with Crippen LogP contribution in [0.25, 0.3) is 0 Å². The molecule has 1 aromatic heterocycles. The second-order valence-electron chi connectivity index (χ2n) is 4.63. The van der Waals surface area contributed by atoms with Gasteiger partial charge in [0.05, 0.1) is 6.04 Å². The Morgan fingerprint density at radius 3 is 3.07 bits per heavy atom. The van der Waals surface area contributed by atoms with E-state index in [1.54, 1.807) is 0 Å². The van der Waals surface area contributed by atoms with Crippen LogP contribution in [0.4, 0.5) is 0 Å². The zero-order valence-corrected chi connectivity index (χ0v) is 9.49. The van der Waals surface area contributed by atoms with Crippen LogP contribution in [-0.4, -0.2) is 16.7 Å². The van der Waals surface area contributed by atoms with Gasteiger partial charge in [0.1, 0.15) is 0 Å². The van der Waals surface area contributed by atoms with E-state index in [9.17, 15) is 0 Å². The Morgan fingerprint density at radius 2 is 2.40 bits per heavy atom. The van der Waals surface area contributed by atoms with Gasteiger partial charge in [-0.05, 0) is 31.7 Å². The van der Waals surface area contributed by atoms with E-state index in [-0.39, 0.29) is 0 Å². The van der Waals surface area contributed by atoms with Gasteiger partial charge in [0.25, 0.3) is 0 Å². The Morgan fingerprint density at radius 1 is 1.53 bits per heavy atom. The van der Waals surface area contributed by atoms with Gasteiger partial charge in [-0.3, -0.25) is 0 Å². The van der Waals surface area contributed by atoms with Crippen molar-refractivity contribution in [1.29, 1.82) is 0 Å². The normalized spacial score (nSPS) is 21.4. The molecule has 1 aromatic rings. The lowest BCUT2D eigenvalue weighted by Gasteiger charge is -2.02. The van der Waals surface area contributed by atoms with Gasteiger partial charge >= 0.3 is 0 Å². The van der Waals surface area contributed by atoms with Gasteiger partial charge in [0.2, 0.25) is 5.89 Å². The molecular weight excluding hydrogens is 190 g/mol. The highest BCUT2D eigenvalue weighted by atomic mass is 16.5. The monoisotopic (exact) mass is 209 g/mol. The molecule has 1 saturated heterocycles. The maximum absolute atomic E-state index is 5.23. The summed E-state index contributed by atoms with van der Waals surface area (Å²) in [5, 5.41) is 7.39. The number of hydrogen-bond donors (Lipinski definition) is 1. The Labute approximate surface area is 90.4 Å². The van der Waals surface area contributed by atoms with Crippen molar-refractivity contribution in [2.24, 2.45) is 5.92 Å². The average Bonchev–Trinajstić information content (AvgIpc) is 2.85. The van der Waals surface area contributed by atoms with E-state index < -0.39 is 0 Å². The molecule has 84 valence electrons. The molecule has 0 radical (unpaired) electrons. The third-order valence-electron chi connectivity index (χ3n) is 2.79. The summed E-state index contributed by atoms with van der Waals surface area (Å²) in [6.45, 7) is 5.48. The maximum Gasteiger partial charge on any atom is 0.226 e. The minimum atomic E-state index is 0.321. The van der Waals surface area contributed by atoms with Crippen LogP contribution >= 0.6 is 0 Å². The molecule has 2 rings (SSSR count). The molecule has 15 heavy (non-hydrogen) atoms. The van der Waals surface area contributed by atoms with Crippen LogP contribution in [0, 0.1) is 5.92 Å². The molecule has 1 atom stereocenters. The SMILES string of the molecule is CC(C)CCc1nc(C2CCCN2)no1. The quantitative estimate of drug-likeness (QED) is 0.825. The van der Waals surface area contributed by atoms with Crippen molar-refractivity contribution in [3.63, 3.8) is 0 Å². The summed E-state index contributed by atoms with van der Waals surface area (Å²) in [7, 11) is 0. The number of nitrogens with one attached hydrogen (secondary N) is 1. The van der Waals surface area contributed by atoms with Crippen molar-refractivity contribution in [2.75, 3.05) is 6.54 Å². The molecule has 4 nitrogen and oxygen atoms in total. The smallest absolute Gasteiger partial charge is 0.226 e. The third kappa shape index (κ3) is 2.78. The highest BCUT2D eigenvalue weighted by molar-refractivity contribution is 4.96. The van der Waals surface area contributed by atoms with E-state index in [4.69, 9.17) is 4.52 Å². The van der Waals surface area contributed by atoms with Crippen LogP contribution in [0.5, 0.6) is 0 Å². The zero-order valence-electron chi connectivity index (χ0n) is 9.49. The van der Waals surface area contributed by atoms with Crippen molar-refractivity contribution >= 4 is 0 Å². The summed E-state index contributed by atoms with van der Waals surface area (Å²) in [5.41, 5.74) is 0. The second-order valence-corrected chi connectivity index (χ2v) is 4.63. The predicted molar refractivity (Wildman–Crippen MR) is 57.4 cm³/mol. The number of aromatic nitrogens is 2. The van der Waals surface area contributed by atoms with Crippen LogP contribution in [0.2, 0.25) is 0 Å². The molecule has 1 unspecified atom stereocenters. The number of nitrogens with zero attached hydrogens (tertiary/aromatic N) is 2. The van der Waals surface area contributed by atoms with E-state index in [0.717, 1.165) is 37.5 Å². The third-order valence-corrected chi connectivity index (χ3v) is 2.79. The first-order valence-electron chi connectivity index (χ1n) is 5.81. The van der Waals surface area contributed by atoms with Crippen LogP contribution in [0.3, 0.4) is 0 Å². The summed E-state index contributed by atoms with van der Waals surface area (Å²) < 4.78 is 5.23. The first-order valence-corrected chi connectivity index (χ1v) is 5.81. The van der Waals surface area contributed by atoms with Crippen molar-refractivity contribution in [2.45, 2.75) is 45.6 Å². The molecule has 0 saturated carbocycles. The van der Waals surface area contributed by atoms with Gasteiger partial charge in [-0.15, -0.1) is 0 Å². The Balaban J connectivity index is 1.91. The lowest BCUT2D eigenvalue weighted by Crippen LogP contribution is -2.14. The van der Waals surface area contributed by atoms with Crippen LogP contribution in [0.15, 0.2) is 4.52 Å². The van der Waals surface area contributed by atoms with Crippen molar-refractivity contribution in [1.82, 2.24) is 15.5 Å². The average molecular weight is 209 g/mol. The summed E-state index contributed by atoms with van der Waals surface area (Å²) in [5.74, 6) is 2.31. The summed E-state index contributed by atoms with van der Waals surface area (Å²) in [6.07, 6.45) is 4.35. The van der Waals surface area contributed by atoms with Crippen LogP contribution in [0.1, 0.15) is 50.9 Å². The topological polar surface area (TPSA) is 51.0 Å². The largest absolute Gasteiger partial charge is 0.339 e. The molecule has 4 heteroatoms. The first-order chi connectivity index (χ1) is 7.25. The standard InChI is InChI=1S/C11H19N3O/c1-8(2)5-6-10-13-11(14-15-10)9-4-3-7-12-9/h8-9,12H,3-7H2,1-2H3. The Hall–Kier alpha value is -0.900. The van der Waals surface area contributed by atoms with E-state index in [0.29, 0.717) is 12.0 Å². The number of hydrogen-bond acceptors (Lipinski definition) is 4. The predicted octanol–water partition coefficient (Wildman–Crippen LogP) is 2.08. The molecule has 0 aromatic carbocycles. The van der Waals surface area contributed by atoms with Gasteiger partial charge < -0.3 is 9.84 Å². The zero-order chi connectivity index (χ0) is 10.7. The van der Waals surface area contributed by atoms with E-state index in [1.807, 2.05) is 0 Å². The molecule has 1 fully saturated rings. The fraction of sp³-hybridized carbons (Fsp3) is 0.818. The summed E-state index contributed by atoms with van der Waals surface area (Å²) >= 11 is 0. The van der Waals surface area contributed by atoms with Gasteiger partial charge in [-0.25, -0.2) is 0 Å². The minimum Gasteiger partial charge on any atom is -0.339 e. The summed E-state index contributed by atoms with van der Waals surface area (Å²) in [4.78, 5) is 4.42. The Bertz CT molecular complexity index is 303. The van der Waals surface area contributed by atoms with Gasteiger partial charge in [-0.1, -0.05) is 19.0 Å². The molecule has 1 aliphatic heterocycles. The second kappa shape index (κ2) is 4.75. The van der Waals surface area contributed by atoms with Crippen molar-refractivity contribution < 1.29 is 4.52 Å². The van der Waals surface area contributed by atoms with E-state index in [2.05, 4.69) is 29.3 Å². The minimum absolute atomic E-state index is 0.321. The highest BCUT2D eigenvalue weighted by Crippen LogP contribution is 2.20. The number of rotatable bonds is 4. The first kappa shape index (κ1) is 10.6. The molecule has 2 heterocycles. The maximum atomic E-state index is 5.23. The lowest BCUT2D eigenvalue weighted by molar-refractivity contribution is 0.359. The summed E-state index contributed by atoms with van der Waals surface area (Å²) in [6, 6.07) is 0.321. The number of aryl methyl sites for hydroxylation is 1. The highest BCUT2D eigenvalue weighted by Gasteiger charge is 2.21. The van der Waals surface area contributed by atoms with Crippen molar-refractivity contribution in [3.05, 3.63) is 11.7 Å². The molecule has 0 amide bonds. The van der Waals surface area contributed by atoms with E-state index >= 15 is 0 Å². The van der Waals surface area contributed by atoms with Crippen LogP contribution in [-0.2, 0) is 6.42 Å². The molecule has 1 aliphatic rings. The fourth-order valence-corrected chi connectivity index (χ4v) is 1.83. The lowest BCUT2D eigenvalue weighted by atomic mass is 10.1.